The highest BCUT2D eigenvalue weighted by Crippen LogP contribution is 2.28. The van der Waals surface area contributed by atoms with Crippen LogP contribution in [0, 0.1) is 5.41 Å². The molecule has 0 saturated carbocycles. The van der Waals surface area contributed by atoms with Gasteiger partial charge in [0.1, 0.15) is 0 Å². The summed E-state index contributed by atoms with van der Waals surface area (Å²) in [5, 5.41) is 0. The molecule has 0 unspecified atom stereocenters. The summed E-state index contributed by atoms with van der Waals surface area (Å²) in [4.78, 5) is 2.52. The minimum Gasteiger partial charge on any atom is -0.326 e. The summed E-state index contributed by atoms with van der Waals surface area (Å²) in [5.41, 5.74) is 8.10. The lowest BCUT2D eigenvalue weighted by Crippen LogP contribution is -2.30. The molecule has 2 atom stereocenters. The van der Waals surface area contributed by atoms with E-state index in [1.165, 1.54) is 18.5 Å². The van der Waals surface area contributed by atoms with Crippen LogP contribution in [0.15, 0.2) is 30.3 Å². The Bertz CT molecular complexity index is 366. The predicted octanol–water partition coefficient (Wildman–Crippen LogP) is 2.85. The second-order valence-electron chi connectivity index (χ2n) is 6.75. The normalized spacial score (nSPS) is 25.6. The van der Waals surface area contributed by atoms with E-state index in [1.54, 1.807) is 0 Å². The topological polar surface area (TPSA) is 29.3 Å². The van der Waals surface area contributed by atoms with Crippen molar-refractivity contribution in [3.05, 3.63) is 35.9 Å². The summed E-state index contributed by atoms with van der Waals surface area (Å²) in [6, 6.07) is 11.0. The van der Waals surface area contributed by atoms with E-state index in [0.29, 0.717) is 11.3 Å². The van der Waals surface area contributed by atoms with Crippen LogP contribution in [-0.4, -0.2) is 30.6 Å². The molecule has 0 amide bonds. The minimum atomic E-state index is 0.285. The van der Waals surface area contributed by atoms with E-state index in [2.05, 4.69) is 56.0 Å². The van der Waals surface area contributed by atoms with Crippen molar-refractivity contribution in [1.29, 1.82) is 0 Å². The Morgan fingerprint density at radius 1 is 1.17 bits per heavy atom. The van der Waals surface area contributed by atoms with E-state index in [9.17, 15) is 0 Å². The maximum Gasteiger partial charge on any atom is 0.0249 e. The number of nitrogens with two attached hydrogens (primary N) is 1. The van der Waals surface area contributed by atoms with Gasteiger partial charge in [0.05, 0.1) is 0 Å². The second kappa shape index (κ2) is 5.41. The number of hydrogen-bond donors (Lipinski definition) is 1. The molecule has 0 bridgehead atoms. The van der Waals surface area contributed by atoms with Gasteiger partial charge < -0.3 is 10.6 Å². The third-order valence-corrected chi connectivity index (χ3v) is 3.85. The highest BCUT2D eigenvalue weighted by Gasteiger charge is 2.31. The fraction of sp³-hybridized carbons (Fsp3) is 0.625. The maximum atomic E-state index is 6.30. The summed E-state index contributed by atoms with van der Waals surface area (Å²) < 4.78 is 0. The van der Waals surface area contributed by atoms with Crippen LogP contribution >= 0.6 is 0 Å². The number of rotatable bonds is 3. The first-order valence-corrected chi connectivity index (χ1v) is 6.98. The highest BCUT2D eigenvalue weighted by atomic mass is 15.2. The van der Waals surface area contributed by atoms with E-state index >= 15 is 0 Å². The van der Waals surface area contributed by atoms with Crippen LogP contribution < -0.4 is 5.73 Å². The van der Waals surface area contributed by atoms with E-state index in [-0.39, 0.29) is 6.04 Å². The smallest absolute Gasteiger partial charge is 0.0249 e. The van der Waals surface area contributed by atoms with Gasteiger partial charge in [-0.1, -0.05) is 51.1 Å². The summed E-state index contributed by atoms with van der Waals surface area (Å²) >= 11 is 0. The molecule has 0 aromatic heterocycles. The summed E-state index contributed by atoms with van der Waals surface area (Å²) in [6.45, 7) is 10.2. The number of nitrogens with zero attached hydrogens (tertiary/aromatic N) is 1. The van der Waals surface area contributed by atoms with E-state index in [0.717, 1.165) is 13.1 Å². The molecule has 100 valence electrons. The molecule has 2 rings (SSSR count). The van der Waals surface area contributed by atoms with Crippen LogP contribution in [0.4, 0.5) is 0 Å². The van der Waals surface area contributed by atoms with Crippen molar-refractivity contribution in [1.82, 2.24) is 4.90 Å². The van der Waals surface area contributed by atoms with Crippen LogP contribution in [0.2, 0.25) is 0 Å². The fourth-order valence-electron chi connectivity index (χ4n) is 2.64. The zero-order valence-corrected chi connectivity index (χ0v) is 11.9. The lowest BCUT2D eigenvalue weighted by molar-refractivity contribution is 0.261. The molecule has 0 aliphatic carbocycles. The van der Waals surface area contributed by atoms with E-state index in [4.69, 9.17) is 5.73 Å². The maximum absolute atomic E-state index is 6.30. The molecule has 1 fully saturated rings. The van der Waals surface area contributed by atoms with Gasteiger partial charge in [0.25, 0.3) is 0 Å². The van der Waals surface area contributed by atoms with Crippen LogP contribution in [0.3, 0.4) is 0 Å². The number of benzene rings is 1. The SMILES string of the molecule is CC(C)(C)CCN1C[C@@H](N)[C@H](c2ccccc2)C1. The van der Waals surface area contributed by atoms with Gasteiger partial charge in [-0.25, -0.2) is 0 Å². The van der Waals surface area contributed by atoms with Gasteiger partial charge in [0.2, 0.25) is 0 Å². The first-order valence-electron chi connectivity index (χ1n) is 6.98. The van der Waals surface area contributed by atoms with Gasteiger partial charge in [0, 0.05) is 25.0 Å². The quantitative estimate of drug-likeness (QED) is 0.888. The van der Waals surface area contributed by atoms with Crippen LogP contribution in [0.25, 0.3) is 0 Å². The van der Waals surface area contributed by atoms with E-state index < -0.39 is 0 Å². The van der Waals surface area contributed by atoms with Gasteiger partial charge in [-0.2, -0.15) is 0 Å². The van der Waals surface area contributed by atoms with Crippen molar-refractivity contribution >= 4 is 0 Å². The molecule has 2 heteroatoms. The third-order valence-electron chi connectivity index (χ3n) is 3.85. The summed E-state index contributed by atoms with van der Waals surface area (Å²) in [5.74, 6) is 0.506. The van der Waals surface area contributed by atoms with Gasteiger partial charge in [-0.15, -0.1) is 0 Å². The van der Waals surface area contributed by atoms with Crippen molar-refractivity contribution < 1.29 is 0 Å². The second-order valence-corrected chi connectivity index (χ2v) is 6.75. The first kappa shape index (κ1) is 13.6. The fourth-order valence-corrected chi connectivity index (χ4v) is 2.64. The molecule has 2 nitrogen and oxygen atoms in total. The molecular weight excluding hydrogens is 220 g/mol. The van der Waals surface area contributed by atoms with Gasteiger partial charge >= 0.3 is 0 Å². The average molecular weight is 246 g/mol. The van der Waals surface area contributed by atoms with Crippen molar-refractivity contribution in [2.24, 2.45) is 11.1 Å². The molecule has 18 heavy (non-hydrogen) atoms. The third kappa shape index (κ3) is 3.56. The van der Waals surface area contributed by atoms with E-state index in [1.807, 2.05) is 0 Å². The summed E-state index contributed by atoms with van der Waals surface area (Å²) in [6.07, 6.45) is 1.24. The minimum absolute atomic E-state index is 0.285. The van der Waals surface area contributed by atoms with Crippen molar-refractivity contribution in [2.45, 2.75) is 39.2 Å². The van der Waals surface area contributed by atoms with Crippen molar-refractivity contribution in [2.75, 3.05) is 19.6 Å². The lowest BCUT2D eigenvalue weighted by Gasteiger charge is -2.23. The first-order chi connectivity index (χ1) is 8.46. The Morgan fingerprint density at radius 3 is 2.44 bits per heavy atom. The predicted molar refractivity (Wildman–Crippen MR) is 77.7 cm³/mol. The Labute approximate surface area is 111 Å². The molecule has 1 aliphatic heterocycles. The molecular formula is C16H26N2. The molecule has 1 aliphatic rings. The van der Waals surface area contributed by atoms with Gasteiger partial charge in [-0.3, -0.25) is 0 Å². The summed E-state index contributed by atoms with van der Waals surface area (Å²) in [7, 11) is 0. The van der Waals surface area contributed by atoms with Crippen molar-refractivity contribution in [3.8, 4) is 0 Å². The Balaban J connectivity index is 1.93. The Kier molecular flexibility index (Phi) is 4.08. The zero-order chi connectivity index (χ0) is 13.2. The zero-order valence-electron chi connectivity index (χ0n) is 11.9. The highest BCUT2D eigenvalue weighted by molar-refractivity contribution is 5.23. The van der Waals surface area contributed by atoms with Gasteiger partial charge in [0.15, 0.2) is 0 Å². The monoisotopic (exact) mass is 246 g/mol. The Hall–Kier alpha value is -0.860. The van der Waals surface area contributed by atoms with Crippen molar-refractivity contribution in [3.63, 3.8) is 0 Å². The lowest BCUT2D eigenvalue weighted by atomic mass is 9.92. The molecule has 2 N–H and O–H groups in total. The number of likely N-dealkylation sites (tertiary alicyclic amines) is 1. The average Bonchev–Trinajstić information content (AvgIpc) is 2.68. The standard InChI is InChI=1S/C16H26N2/c1-16(2,3)9-10-18-11-14(15(17)12-18)13-7-5-4-6-8-13/h4-8,14-15H,9-12,17H2,1-3H3/t14-,15+/m0/s1. The molecule has 0 radical (unpaired) electrons. The number of hydrogen-bond acceptors (Lipinski definition) is 2. The Morgan fingerprint density at radius 2 is 1.83 bits per heavy atom. The van der Waals surface area contributed by atoms with Crippen LogP contribution in [-0.2, 0) is 0 Å². The molecule has 1 aromatic rings. The van der Waals surface area contributed by atoms with Crippen LogP contribution in [0.5, 0.6) is 0 Å². The molecule has 1 heterocycles. The largest absolute Gasteiger partial charge is 0.326 e. The molecule has 0 spiro atoms. The van der Waals surface area contributed by atoms with Crippen LogP contribution in [0.1, 0.15) is 38.7 Å². The molecule has 1 aromatic carbocycles. The van der Waals surface area contributed by atoms with Gasteiger partial charge in [-0.05, 0) is 23.9 Å². The molecule has 1 saturated heterocycles.